The molecule has 4 N–H and O–H groups in total. The van der Waals surface area contributed by atoms with Gasteiger partial charge in [0.05, 0.1) is 6.17 Å². The molecular weight excluding hydrogens is 425 g/mol. The van der Waals surface area contributed by atoms with Gasteiger partial charge in [-0.15, -0.1) is 23.2 Å². The minimum Gasteiger partial charge on any atom is -0.368 e. The summed E-state index contributed by atoms with van der Waals surface area (Å²) in [6.07, 6.45) is 6.75. The number of halogens is 2. The van der Waals surface area contributed by atoms with E-state index in [0.29, 0.717) is 42.3 Å². The number of carbonyl (C=O) groups is 2. The third-order valence-corrected chi connectivity index (χ3v) is 8.87. The van der Waals surface area contributed by atoms with Crippen molar-refractivity contribution in [2.45, 2.75) is 74.5 Å². The van der Waals surface area contributed by atoms with Crippen molar-refractivity contribution in [2.24, 2.45) is 23.5 Å². The number of nitrogens with zero attached hydrogens (tertiary/aromatic N) is 2. The maximum atomic E-state index is 12.0. The molecule has 0 radical (unpaired) electrons. The van der Waals surface area contributed by atoms with Gasteiger partial charge in [-0.1, -0.05) is 0 Å². The molecular formula is C21H35Cl2N5O2. The zero-order chi connectivity index (χ0) is 21.4. The lowest BCUT2D eigenvalue weighted by atomic mass is 9.67. The molecule has 0 aromatic heterocycles. The third kappa shape index (κ3) is 4.60. The van der Waals surface area contributed by atoms with Crippen molar-refractivity contribution < 1.29 is 9.59 Å². The second kappa shape index (κ2) is 9.49. The summed E-state index contributed by atoms with van der Waals surface area (Å²) in [5.41, 5.74) is 5.65. The largest absolute Gasteiger partial charge is 0.368 e. The molecule has 0 aromatic carbocycles. The quantitative estimate of drug-likeness (QED) is 0.552. The highest BCUT2D eigenvalue weighted by atomic mass is 35.5. The van der Waals surface area contributed by atoms with Gasteiger partial charge in [0, 0.05) is 55.9 Å². The summed E-state index contributed by atoms with van der Waals surface area (Å²) in [5, 5.41) is 7.76. The van der Waals surface area contributed by atoms with Crippen LogP contribution in [0.5, 0.6) is 0 Å². The summed E-state index contributed by atoms with van der Waals surface area (Å²) in [4.78, 5) is 27.9. The average Bonchev–Trinajstić information content (AvgIpc) is 2.73. The van der Waals surface area contributed by atoms with Gasteiger partial charge in [-0.05, 0) is 50.4 Å². The molecule has 4 rings (SSSR count). The second-order valence-corrected chi connectivity index (χ2v) is 10.8. The molecule has 4 aliphatic rings. The lowest BCUT2D eigenvalue weighted by Gasteiger charge is -2.53. The highest BCUT2D eigenvalue weighted by Crippen LogP contribution is 2.45. The van der Waals surface area contributed by atoms with Gasteiger partial charge in [0.15, 0.2) is 0 Å². The van der Waals surface area contributed by atoms with Gasteiger partial charge < -0.3 is 16.0 Å². The van der Waals surface area contributed by atoms with Crippen molar-refractivity contribution in [3.63, 3.8) is 0 Å². The van der Waals surface area contributed by atoms with Crippen molar-refractivity contribution in [3.8, 4) is 0 Å². The number of alkyl halides is 2. The second-order valence-electron chi connectivity index (χ2n) is 9.59. The van der Waals surface area contributed by atoms with Crippen LogP contribution in [-0.4, -0.2) is 76.9 Å². The molecule has 4 fully saturated rings. The van der Waals surface area contributed by atoms with E-state index in [2.05, 4.69) is 15.5 Å². The molecule has 6 atom stereocenters. The SMILES string of the molecule is CC(=O)N1CCN(C2NCNC3CC(Cl)C(C4CCC(Cl)CC4)CC32)CC1C(N)=O. The van der Waals surface area contributed by atoms with Crippen LogP contribution >= 0.6 is 23.2 Å². The van der Waals surface area contributed by atoms with Crippen LogP contribution in [0.2, 0.25) is 0 Å². The van der Waals surface area contributed by atoms with Gasteiger partial charge in [-0.3, -0.25) is 19.8 Å². The number of primary amides is 1. The van der Waals surface area contributed by atoms with Crippen LogP contribution in [0.15, 0.2) is 0 Å². The normalized spacial score (nSPS) is 43.1. The van der Waals surface area contributed by atoms with E-state index in [4.69, 9.17) is 28.9 Å². The van der Waals surface area contributed by atoms with Crippen molar-refractivity contribution in [3.05, 3.63) is 0 Å². The molecule has 30 heavy (non-hydrogen) atoms. The minimum absolute atomic E-state index is 0.0906. The molecule has 9 heteroatoms. The first-order valence-corrected chi connectivity index (χ1v) is 12.3. The molecule has 0 bridgehead atoms. The number of carbonyl (C=O) groups excluding carboxylic acids is 2. The number of hydrogen-bond acceptors (Lipinski definition) is 5. The standard InChI is InChI=1S/C21H35Cl2N5O2/c1-12(29)28-7-6-27(10-19(28)20(24)30)21-16-8-15(13-2-4-14(22)5-3-13)17(23)9-18(16)25-11-26-21/h13-19,21,25-26H,2-11H2,1H3,(H2,24,30). The Morgan fingerprint density at radius 3 is 2.40 bits per heavy atom. The van der Waals surface area contributed by atoms with Gasteiger partial charge in [0.25, 0.3) is 0 Å². The minimum atomic E-state index is -0.564. The maximum absolute atomic E-state index is 12.0. The van der Waals surface area contributed by atoms with E-state index in [1.54, 1.807) is 4.90 Å². The average molecular weight is 460 g/mol. The van der Waals surface area contributed by atoms with Crippen molar-refractivity contribution in [1.82, 2.24) is 20.4 Å². The molecule has 170 valence electrons. The van der Waals surface area contributed by atoms with Crippen LogP contribution < -0.4 is 16.4 Å². The number of fused-ring (bicyclic) bond motifs is 1. The number of amides is 2. The highest BCUT2D eigenvalue weighted by Gasteiger charge is 2.47. The van der Waals surface area contributed by atoms with Crippen LogP contribution in [-0.2, 0) is 9.59 Å². The summed E-state index contributed by atoms with van der Waals surface area (Å²) >= 11 is 13.3. The number of nitrogens with two attached hydrogens (primary N) is 1. The maximum Gasteiger partial charge on any atom is 0.241 e. The zero-order valence-electron chi connectivity index (χ0n) is 17.7. The van der Waals surface area contributed by atoms with E-state index in [9.17, 15) is 9.59 Å². The molecule has 2 aliphatic carbocycles. The van der Waals surface area contributed by atoms with Crippen LogP contribution in [0.4, 0.5) is 0 Å². The van der Waals surface area contributed by atoms with E-state index in [0.717, 1.165) is 38.9 Å². The lowest BCUT2D eigenvalue weighted by molar-refractivity contribution is -0.143. The Morgan fingerprint density at radius 1 is 1.00 bits per heavy atom. The first-order chi connectivity index (χ1) is 14.3. The molecule has 2 heterocycles. The predicted molar refractivity (Wildman–Crippen MR) is 118 cm³/mol. The first kappa shape index (κ1) is 22.6. The van der Waals surface area contributed by atoms with Gasteiger partial charge in [-0.2, -0.15) is 0 Å². The number of hydrogen-bond donors (Lipinski definition) is 3. The summed E-state index contributed by atoms with van der Waals surface area (Å²) < 4.78 is 0. The smallest absolute Gasteiger partial charge is 0.241 e. The Morgan fingerprint density at radius 2 is 1.73 bits per heavy atom. The summed E-state index contributed by atoms with van der Waals surface area (Å²) in [6.45, 7) is 4.00. The molecule has 6 unspecified atom stereocenters. The molecule has 2 amide bonds. The topological polar surface area (TPSA) is 90.7 Å². The summed E-state index contributed by atoms with van der Waals surface area (Å²) in [6, 6.07) is -0.192. The fourth-order valence-electron chi connectivity index (χ4n) is 6.32. The molecule has 2 saturated heterocycles. The van der Waals surface area contributed by atoms with Gasteiger partial charge in [-0.25, -0.2) is 0 Å². The number of piperazine rings is 1. The zero-order valence-corrected chi connectivity index (χ0v) is 19.2. The highest BCUT2D eigenvalue weighted by molar-refractivity contribution is 6.21. The Balaban J connectivity index is 1.47. The molecule has 7 nitrogen and oxygen atoms in total. The molecule has 2 aliphatic heterocycles. The van der Waals surface area contributed by atoms with E-state index in [-0.39, 0.29) is 17.5 Å². The van der Waals surface area contributed by atoms with E-state index < -0.39 is 11.9 Å². The van der Waals surface area contributed by atoms with Crippen LogP contribution in [0.3, 0.4) is 0 Å². The Kier molecular flexibility index (Phi) is 7.15. The number of rotatable bonds is 3. The van der Waals surface area contributed by atoms with E-state index in [1.165, 1.54) is 19.8 Å². The summed E-state index contributed by atoms with van der Waals surface area (Å²) in [7, 11) is 0. The van der Waals surface area contributed by atoms with Crippen LogP contribution in [0, 0.1) is 17.8 Å². The van der Waals surface area contributed by atoms with E-state index >= 15 is 0 Å². The fraction of sp³-hybridized carbons (Fsp3) is 0.905. The van der Waals surface area contributed by atoms with Crippen molar-refractivity contribution >= 4 is 35.0 Å². The Labute approximate surface area is 189 Å². The monoisotopic (exact) mass is 459 g/mol. The van der Waals surface area contributed by atoms with Crippen LogP contribution in [0.1, 0.15) is 45.4 Å². The van der Waals surface area contributed by atoms with Gasteiger partial charge >= 0.3 is 0 Å². The van der Waals surface area contributed by atoms with Crippen molar-refractivity contribution in [1.29, 1.82) is 0 Å². The van der Waals surface area contributed by atoms with Crippen LogP contribution in [0.25, 0.3) is 0 Å². The first-order valence-electron chi connectivity index (χ1n) is 11.4. The predicted octanol–water partition coefficient (Wildman–Crippen LogP) is 1.28. The Hall–Kier alpha value is -0.600. The molecule has 2 saturated carbocycles. The molecule has 0 aromatic rings. The molecule has 0 spiro atoms. The fourth-order valence-corrected chi connectivity index (χ4v) is 7.07. The van der Waals surface area contributed by atoms with Crippen molar-refractivity contribution in [2.75, 3.05) is 26.3 Å². The van der Waals surface area contributed by atoms with E-state index in [1.807, 2.05) is 0 Å². The summed E-state index contributed by atoms with van der Waals surface area (Å²) in [5.74, 6) is 1.06. The lowest BCUT2D eigenvalue weighted by Crippen LogP contribution is -2.70. The number of nitrogens with one attached hydrogen (secondary N) is 2. The van der Waals surface area contributed by atoms with Gasteiger partial charge in [0.1, 0.15) is 6.04 Å². The third-order valence-electron chi connectivity index (χ3n) is 7.93. The van der Waals surface area contributed by atoms with Gasteiger partial charge in [0.2, 0.25) is 11.8 Å². The Bertz CT molecular complexity index is 645.